The van der Waals surface area contributed by atoms with Crippen molar-refractivity contribution in [2.75, 3.05) is 6.61 Å². The second-order valence-corrected chi connectivity index (χ2v) is 5.73. The van der Waals surface area contributed by atoms with Crippen LogP contribution in [0.2, 0.25) is 0 Å². The van der Waals surface area contributed by atoms with Gasteiger partial charge in [-0.05, 0) is 45.0 Å². The average Bonchev–Trinajstić information content (AvgIpc) is 2.42. The van der Waals surface area contributed by atoms with Gasteiger partial charge in [0.25, 0.3) is 0 Å². The van der Waals surface area contributed by atoms with Gasteiger partial charge in [-0.3, -0.25) is 0 Å². The van der Waals surface area contributed by atoms with E-state index < -0.39 is 17.5 Å². The lowest BCUT2D eigenvalue weighted by molar-refractivity contribution is -0.157. The van der Waals surface area contributed by atoms with Gasteiger partial charge in [-0.1, -0.05) is 6.07 Å². The normalized spacial score (nSPS) is 11.2. The summed E-state index contributed by atoms with van der Waals surface area (Å²) in [5, 5.41) is 9.63. The first-order chi connectivity index (χ1) is 10.2. The molecule has 0 aliphatic carbocycles. The highest BCUT2D eigenvalue weighted by Crippen LogP contribution is 2.20. The van der Waals surface area contributed by atoms with Gasteiger partial charge in [-0.2, -0.15) is 0 Å². The molecule has 0 amide bonds. The zero-order valence-electron chi connectivity index (χ0n) is 12.6. The van der Waals surface area contributed by atoms with E-state index in [1.54, 1.807) is 45.0 Å². The number of rotatable bonds is 4. The molecule has 0 atom stereocenters. The molecule has 116 valence electrons. The Hall–Kier alpha value is -2.63. The topological polar surface area (TPSA) is 85.7 Å². The number of carbonyl (C=O) groups excluding carboxylic acids is 1. The van der Waals surface area contributed by atoms with Crippen LogP contribution in [0.4, 0.5) is 0 Å². The first kappa shape index (κ1) is 15.8. The molecule has 0 bridgehead atoms. The lowest BCUT2D eigenvalue weighted by Crippen LogP contribution is -2.27. The van der Waals surface area contributed by atoms with Crippen molar-refractivity contribution >= 4 is 22.8 Å². The van der Waals surface area contributed by atoms with Crippen molar-refractivity contribution in [2.45, 2.75) is 26.4 Å². The van der Waals surface area contributed by atoms with Crippen molar-refractivity contribution in [1.29, 1.82) is 0 Å². The SMILES string of the molecule is CC(C)(C)OC(=O)COc1ccc2nc(C(=O)O)ccc2c1. The maximum atomic E-state index is 11.6. The maximum absolute atomic E-state index is 11.6. The van der Waals surface area contributed by atoms with Crippen molar-refractivity contribution < 1.29 is 24.2 Å². The lowest BCUT2D eigenvalue weighted by atomic mass is 10.2. The van der Waals surface area contributed by atoms with Gasteiger partial charge in [0.15, 0.2) is 6.61 Å². The molecular weight excluding hydrogens is 286 g/mol. The minimum Gasteiger partial charge on any atom is -0.482 e. The largest absolute Gasteiger partial charge is 0.482 e. The third-order valence-corrected chi connectivity index (χ3v) is 2.66. The van der Waals surface area contributed by atoms with Gasteiger partial charge in [0.05, 0.1) is 5.52 Å². The van der Waals surface area contributed by atoms with Crippen molar-refractivity contribution in [3.8, 4) is 5.75 Å². The average molecular weight is 303 g/mol. The molecular formula is C16H17NO5. The van der Waals surface area contributed by atoms with Crippen LogP contribution in [0.15, 0.2) is 30.3 Å². The summed E-state index contributed by atoms with van der Waals surface area (Å²) >= 11 is 0. The van der Waals surface area contributed by atoms with Crippen LogP contribution < -0.4 is 4.74 Å². The van der Waals surface area contributed by atoms with E-state index in [0.29, 0.717) is 11.3 Å². The van der Waals surface area contributed by atoms with E-state index in [1.165, 1.54) is 6.07 Å². The number of hydrogen-bond donors (Lipinski definition) is 1. The number of carbonyl (C=O) groups is 2. The van der Waals surface area contributed by atoms with Crippen LogP contribution >= 0.6 is 0 Å². The van der Waals surface area contributed by atoms with Crippen LogP contribution in [0.25, 0.3) is 10.9 Å². The molecule has 0 fully saturated rings. The Labute approximate surface area is 127 Å². The van der Waals surface area contributed by atoms with Gasteiger partial charge in [0.2, 0.25) is 0 Å². The molecule has 0 saturated carbocycles. The van der Waals surface area contributed by atoms with Crippen LogP contribution in [-0.2, 0) is 9.53 Å². The van der Waals surface area contributed by atoms with E-state index >= 15 is 0 Å². The molecule has 1 aromatic heterocycles. The van der Waals surface area contributed by atoms with E-state index in [9.17, 15) is 9.59 Å². The Bertz CT molecular complexity index is 718. The van der Waals surface area contributed by atoms with Gasteiger partial charge in [-0.15, -0.1) is 0 Å². The molecule has 22 heavy (non-hydrogen) atoms. The van der Waals surface area contributed by atoms with Gasteiger partial charge in [-0.25, -0.2) is 14.6 Å². The molecule has 2 rings (SSSR count). The highest BCUT2D eigenvalue weighted by molar-refractivity contribution is 5.90. The second-order valence-electron chi connectivity index (χ2n) is 5.73. The molecule has 0 aliphatic heterocycles. The molecule has 1 N–H and O–H groups in total. The maximum Gasteiger partial charge on any atom is 0.354 e. The summed E-state index contributed by atoms with van der Waals surface area (Å²) in [6.45, 7) is 5.16. The van der Waals surface area contributed by atoms with Crippen molar-refractivity contribution in [3.05, 3.63) is 36.0 Å². The van der Waals surface area contributed by atoms with Gasteiger partial charge < -0.3 is 14.6 Å². The molecule has 0 spiro atoms. The Morgan fingerprint density at radius 3 is 2.55 bits per heavy atom. The molecule has 2 aromatic rings. The van der Waals surface area contributed by atoms with Crippen LogP contribution in [-0.4, -0.2) is 34.2 Å². The first-order valence-corrected chi connectivity index (χ1v) is 6.73. The van der Waals surface area contributed by atoms with E-state index in [4.69, 9.17) is 14.6 Å². The number of fused-ring (bicyclic) bond motifs is 1. The standard InChI is InChI=1S/C16H17NO5/c1-16(2,3)22-14(18)9-21-11-5-7-12-10(8-11)4-6-13(17-12)15(19)20/h4-8H,9H2,1-3H3,(H,19,20). The Kier molecular flexibility index (Phi) is 4.30. The number of pyridine rings is 1. The zero-order valence-corrected chi connectivity index (χ0v) is 12.6. The van der Waals surface area contributed by atoms with Crippen LogP contribution in [0, 0.1) is 0 Å². The van der Waals surface area contributed by atoms with Gasteiger partial charge in [0, 0.05) is 5.39 Å². The number of nitrogens with zero attached hydrogens (tertiary/aromatic N) is 1. The number of carboxylic acid groups (broad SMARTS) is 1. The number of aromatic carboxylic acids is 1. The summed E-state index contributed by atoms with van der Waals surface area (Å²) in [7, 11) is 0. The van der Waals surface area contributed by atoms with E-state index in [1.807, 2.05) is 0 Å². The monoisotopic (exact) mass is 303 g/mol. The Morgan fingerprint density at radius 1 is 1.18 bits per heavy atom. The van der Waals surface area contributed by atoms with E-state index in [0.717, 1.165) is 5.39 Å². The summed E-state index contributed by atoms with van der Waals surface area (Å²) < 4.78 is 10.5. The predicted molar refractivity (Wildman–Crippen MR) is 80.0 cm³/mol. The number of carboxylic acids is 1. The van der Waals surface area contributed by atoms with Gasteiger partial charge >= 0.3 is 11.9 Å². The number of hydrogen-bond acceptors (Lipinski definition) is 5. The summed E-state index contributed by atoms with van der Waals surface area (Å²) in [5.41, 5.74) is -0.0273. The molecule has 0 aliphatic rings. The number of esters is 1. The number of aromatic nitrogens is 1. The van der Waals surface area contributed by atoms with E-state index in [-0.39, 0.29) is 12.3 Å². The van der Waals surface area contributed by atoms with Crippen LogP contribution in [0.5, 0.6) is 5.75 Å². The quantitative estimate of drug-likeness (QED) is 0.874. The highest BCUT2D eigenvalue weighted by Gasteiger charge is 2.16. The number of benzene rings is 1. The molecule has 6 nitrogen and oxygen atoms in total. The zero-order chi connectivity index (χ0) is 16.3. The minimum atomic E-state index is -1.08. The molecule has 6 heteroatoms. The van der Waals surface area contributed by atoms with Gasteiger partial charge in [0.1, 0.15) is 17.0 Å². The summed E-state index contributed by atoms with van der Waals surface area (Å²) in [6, 6.07) is 8.03. The van der Waals surface area contributed by atoms with Crippen LogP contribution in [0.3, 0.4) is 0 Å². The van der Waals surface area contributed by atoms with Crippen molar-refractivity contribution in [2.24, 2.45) is 0 Å². The van der Waals surface area contributed by atoms with Crippen LogP contribution in [0.1, 0.15) is 31.3 Å². The van der Waals surface area contributed by atoms with Crippen molar-refractivity contribution in [3.63, 3.8) is 0 Å². The smallest absolute Gasteiger partial charge is 0.354 e. The first-order valence-electron chi connectivity index (χ1n) is 6.73. The Balaban J connectivity index is 2.08. The molecule has 0 saturated heterocycles. The predicted octanol–water partition coefficient (Wildman–Crippen LogP) is 2.65. The third kappa shape index (κ3) is 4.18. The van der Waals surface area contributed by atoms with E-state index in [2.05, 4.69) is 4.98 Å². The minimum absolute atomic E-state index is 0.0186. The Morgan fingerprint density at radius 2 is 1.91 bits per heavy atom. The van der Waals surface area contributed by atoms with Crippen molar-refractivity contribution in [1.82, 2.24) is 4.98 Å². The summed E-state index contributed by atoms with van der Waals surface area (Å²) in [5.74, 6) is -1.04. The molecule has 1 heterocycles. The fourth-order valence-corrected chi connectivity index (χ4v) is 1.83. The molecule has 0 radical (unpaired) electrons. The highest BCUT2D eigenvalue weighted by atomic mass is 16.6. The number of ether oxygens (including phenoxy) is 2. The lowest BCUT2D eigenvalue weighted by Gasteiger charge is -2.19. The summed E-state index contributed by atoms with van der Waals surface area (Å²) in [4.78, 5) is 26.5. The fourth-order valence-electron chi connectivity index (χ4n) is 1.83. The summed E-state index contributed by atoms with van der Waals surface area (Å²) in [6.07, 6.45) is 0. The second kappa shape index (κ2) is 6.01. The molecule has 1 aromatic carbocycles. The molecule has 0 unspecified atom stereocenters. The fraction of sp³-hybridized carbons (Fsp3) is 0.312. The third-order valence-electron chi connectivity index (χ3n) is 2.66.